The molecule has 4 aromatic rings. The first kappa shape index (κ1) is 31.7. The van der Waals surface area contributed by atoms with Crippen LogP contribution in [0.15, 0.2) is 54.7 Å². The van der Waals surface area contributed by atoms with E-state index in [1.807, 2.05) is 30.3 Å². The van der Waals surface area contributed by atoms with E-state index >= 15 is 0 Å². The van der Waals surface area contributed by atoms with Crippen molar-refractivity contribution in [2.45, 2.75) is 32.6 Å². The summed E-state index contributed by atoms with van der Waals surface area (Å²) < 4.78 is 16.4. The minimum Gasteiger partial charge on any atom is -0.496 e. The summed E-state index contributed by atoms with van der Waals surface area (Å²) in [6, 6.07) is 15.1. The number of carbonyl (C=O) groups excluding carboxylic acids is 1. The van der Waals surface area contributed by atoms with E-state index in [-0.39, 0.29) is 13.2 Å². The molecule has 0 saturated carbocycles. The predicted molar refractivity (Wildman–Crippen MR) is 171 cm³/mol. The summed E-state index contributed by atoms with van der Waals surface area (Å²) in [6.45, 7) is 3.73. The van der Waals surface area contributed by atoms with E-state index in [0.717, 1.165) is 41.0 Å². The maximum Gasteiger partial charge on any atom is 0.320 e. The molecule has 5 rings (SSSR count). The Kier molecular flexibility index (Phi) is 10.0. The van der Waals surface area contributed by atoms with Gasteiger partial charge in [0.1, 0.15) is 12.4 Å². The summed E-state index contributed by atoms with van der Waals surface area (Å²) in [6.07, 6.45) is 2.14. The lowest BCUT2D eigenvalue weighted by atomic mass is 9.93. The summed E-state index contributed by atoms with van der Waals surface area (Å²) in [5.74, 6) is 0.555. The Morgan fingerprint density at radius 1 is 1.07 bits per heavy atom. The molecular formula is C33H34Cl2N4O5. The van der Waals surface area contributed by atoms with Gasteiger partial charge in [0.15, 0.2) is 0 Å². The zero-order chi connectivity index (χ0) is 31.4. The van der Waals surface area contributed by atoms with Crippen molar-refractivity contribution in [3.63, 3.8) is 0 Å². The number of pyridine rings is 2. The van der Waals surface area contributed by atoms with Crippen LogP contribution in [0.5, 0.6) is 11.6 Å². The zero-order valence-electron chi connectivity index (χ0n) is 24.8. The molecule has 0 unspecified atom stereocenters. The van der Waals surface area contributed by atoms with Crippen molar-refractivity contribution in [2.24, 2.45) is 5.73 Å². The van der Waals surface area contributed by atoms with Crippen molar-refractivity contribution in [1.29, 1.82) is 0 Å². The van der Waals surface area contributed by atoms with Crippen LogP contribution in [-0.2, 0) is 29.1 Å². The molecule has 0 fully saturated rings. The van der Waals surface area contributed by atoms with Gasteiger partial charge in [-0.05, 0) is 49.2 Å². The van der Waals surface area contributed by atoms with E-state index in [0.29, 0.717) is 51.5 Å². The second-order valence-corrected chi connectivity index (χ2v) is 11.3. The fourth-order valence-electron chi connectivity index (χ4n) is 5.45. The maximum atomic E-state index is 11.5. The van der Waals surface area contributed by atoms with E-state index in [4.69, 9.17) is 43.1 Å². The van der Waals surface area contributed by atoms with Crippen LogP contribution in [0.1, 0.15) is 23.6 Å². The standard InChI is InChI=1S/C33H34Cl2N4O5/c1-19(40)16-39-12-10-20-13-22(14-28(42-2)26(20)17-39)32-31(35)24(9-11-37-32)23-5-4-6-25(30(23)34)27-8-7-21(33(38-27)43-3)18-44-29(41)15-36/h4-9,11,13-14,19,40H,10,12,15-18,36H2,1-3H3/t19-/m0/s1. The number of rotatable bonds is 10. The van der Waals surface area contributed by atoms with Crippen LogP contribution in [0, 0.1) is 0 Å². The van der Waals surface area contributed by atoms with Gasteiger partial charge in [-0.25, -0.2) is 4.98 Å². The van der Waals surface area contributed by atoms with Gasteiger partial charge in [0.2, 0.25) is 5.88 Å². The van der Waals surface area contributed by atoms with Crippen LogP contribution in [0.3, 0.4) is 0 Å². The molecule has 3 N–H and O–H groups in total. The van der Waals surface area contributed by atoms with Crippen molar-refractivity contribution < 1.29 is 24.1 Å². The van der Waals surface area contributed by atoms with Gasteiger partial charge in [0, 0.05) is 53.6 Å². The van der Waals surface area contributed by atoms with Crippen LogP contribution in [0.25, 0.3) is 33.6 Å². The molecule has 1 aliphatic rings. The molecule has 0 radical (unpaired) electrons. The van der Waals surface area contributed by atoms with Gasteiger partial charge in [-0.1, -0.05) is 41.4 Å². The molecule has 1 atom stereocenters. The topological polar surface area (TPSA) is 120 Å². The third kappa shape index (κ3) is 6.67. The van der Waals surface area contributed by atoms with Crippen molar-refractivity contribution in [3.8, 4) is 45.3 Å². The second kappa shape index (κ2) is 13.9. The molecule has 0 saturated heterocycles. The number of ether oxygens (including phenoxy) is 3. The molecule has 1 aliphatic heterocycles. The number of hydrogen-bond acceptors (Lipinski definition) is 9. The largest absolute Gasteiger partial charge is 0.496 e. The van der Waals surface area contributed by atoms with Crippen LogP contribution >= 0.6 is 23.2 Å². The lowest BCUT2D eigenvalue weighted by Crippen LogP contribution is -2.35. The molecule has 2 aromatic heterocycles. The first-order chi connectivity index (χ1) is 21.2. The zero-order valence-corrected chi connectivity index (χ0v) is 26.3. The molecule has 230 valence electrons. The van der Waals surface area contributed by atoms with E-state index in [9.17, 15) is 9.90 Å². The Morgan fingerprint density at radius 3 is 2.57 bits per heavy atom. The molecule has 3 heterocycles. The lowest BCUT2D eigenvalue weighted by molar-refractivity contribution is -0.143. The number of β-amino-alcohol motifs (C(OH)–C–C–N with tert-alkyl or cyclic N) is 1. The molecule has 2 aromatic carbocycles. The highest BCUT2D eigenvalue weighted by atomic mass is 35.5. The Labute approximate surface area is 266 Å². The van der Waals surface area contributed by atoms with Crippen LogP contribution in [-0.4, -0.2) is 65.9 Å². The average molecular weight is 638 g/mol. The van der Waals surface area contributed by atoms with Gasteiger partial charge in [-0.15, -0.1) is 0 Å². The molecule has 0 bridgehead atoms. The number of benzene rings is 2. The fraction of sp³-hybridized carbons (Fsp3) is 0.303. The van der Waals surface area contributed by atoms with Gasteiger partial charge >= 0.3 is 5.97 Å². The summed E-state index contributed by atoms with van der Waals surface area (Å²) in [4.78, 5) is 23.0. The second-order valence-electron chi connectivity index (χ2n) is 10.6. The van der Waals surface area contributed by atoms with Crippen LogP contribution in [0.2, 0.25) is 10.0 Å². The summed E-state index contributed by atoms with van der Waals surface area (Å²) >= 11 is 14.1. The molecule has 9 nitrogen and oxygen atoms in total. The molecule has 0 spiro atoms. The number of nitrogens with two attached hydrogens (primary N) is 1. The van der Waals surface area contributed by atoms with Gasteiger partial charge in [0.25, 0.3) is 0 Å². The Hall–Kier alpha value is -3.73. The van der Waals surface area contributed by atoms with E-state index in [1.165, 1.54) is 12.7 Å². The number of methoxy groups -OCH3 is 2. The number of hydrogen-bond donors (Lipinski definition) is 2. The number of halogens is 2. The number of carbonyl (C=O) groups is 1. The van der Waals surface area contributed by atoms with Gasteiger partial charge in [-0.3, -0.25) is 14.7 Å². The molecular weight excluding hydrogens is 603 g/mol. The Bertz CT molecular complexity index is 1660. The minimum atomic E-state index is -0.520. The molecule has 11 heteroatoms. The smallest absolute Gasteiger partial charge is 0.320 e. The van der Waals surface area contributed by atoms with Crippen LogP contribution in [0.4, 0.5) is 0 Å². The highest BCUT2D eigenvalue weighted by Crippen LogP contribution is 2.43. The average Bonchev–Trinajstić information content (AvgIpc) is 3.03. The third-order valence-corrected chi connectivity index (χ3v) is 8.33. The van der Waals surface area contributed by atoms with Crippen molar-refractivity contribution in [3.05, 3.63) is 81.5 Å². The highest BCUT2D eigenvalue weighted by molar-refractivity contribution is 6.39. The molecule has 0 aliphatic carbocycles. The fourth-order valence-corrected chi connectivity index (χ4v) is 6.10. The number of aromatic nitrogens is 2. The molecule has 0 amide bonds. The van der Waals surface area contributed by atoms with Gasteiger partial charge in [0.05, 0.1) is 53.9 Å². The summed E-state index contributed by atoms with van der Waals surface area (Å²) in [5, 5.41) is 10.8. The lowest BCUT2D eigenvalue weighted by Gasteiger charge is -2.31. The summed E-state index contributed by atoms with van der Waals surface area (Å²) in [5.41, 5.74) is 12.4. The monoisotopic (exact) mass is 636 g/mol. The van der Waals surface area contributed by atoms with Crippen molar-refractivity contribution >= 4 is 29.2 Å². The normalized spacial score (nSPS) is 13.7. The first-order valence-corrected chi connectivity index (χ1v) is 14.9. The minimum absolute atomic E-state index is 0.0107. The van der Waals surface area contributed by atoms with Crippen LogP contribution < -0.4 is 15.2 Å². The Balaban J connectivity index is 1.50. The van der Waals surface area contributed by atoms with Gasteiger partial charge < -0.3 is 25.1 Å². The number of aliphatic hydroxyl groups excluding tert-OH is 1. The summed E-state index contributed by atoms with van der Waals surface area (Å²) in [7, 11) is 3.16. The van der Waals surface area contributed by atoms with Gasteiger partial charge in [-0.2, -0.15) is 0 Å². The third-order valence-electron chi connectivity index (χ3n) is 7.54. The molecule has 44 heavy (non-hydrogen) atoms. The van der Waals surface area contributed by atoms with E-state index < -0.39 is 12.1 Å². The Morgan fingerprint density at radius 2 is 1.84 bits per heavy atom. The number of aliphatic hydroxyl groups is 1. The van der Waals surface area contributed by atoms with E-state index in [1.54, 1.807) is 32.4 Å². The SMILES string of the molecule is COc1cc(-c2nccc(-c3cccc(-c4ccc(COC(=O)CN)c(OC)n4)c3Cl)c2Cl)cc2c1CN(C[C@H](C)O)CC2. The highest BCUT2D eigenvalue weighted by Gasteiger charge is 2.24. The quantitative estimate of drug-likeness (QED) is 0.216. The number of nitrogens with zero attached hydrogens (tertiary/aromatic N) is 3. The van der Waals surface area contributed by atoms with Crippen molar-refractivity contribution in [2.75, 3.05) is 33.9 Å². The predicted octanol–water partition coefficient (Wildman–Crippen LogP) is 5.54. The maximum absolute atomic E-state index is 11.5. The van der Waals surface area contributed by atoms with E-state index in [2.05, 4.69) is 20.9 Å². The number of esters is 1. The van der Waals surface area contributed by atoms with Crippen molar-refractivity contribution in [1.82, 2.24) is 14.9 Å². The first-order valence-electron chi connectivity index (χ1n) is 14.2. The number of fused-ring (bicyclic) bond motifs is 1.